The van der Waals surface area contributed by atoms with Crippen LogP contribution in [0.15, 0.2) is 12.3 Å². The number of carbonyl (C=O) groups excluding carboxylic acids is 1. The van der Waals surface area contributed by atoms with E-state index in [1.54, 1.807) is 16.9 Å². The van der Waals surface area contributed by atoms with Gasteiger partial charge in [0, 0.05) is 6.20 Å². The zero-order valence-electron chi connectivity index (χ0n) is 12.1. The molecule has 0 aromatic carbocycles. The lowest BCUT2D eigenvalue weighted by atomic mass is 10.2. The summed E-state index contributed by atoms with van der Waals surface area (Å²) in [5.41, 5.74) is 0.396. The summed E-state index contributed by atoms with van der Waals surface area (Å²) in [4.78, 5) is 15.5. The molecule has 2 heterocycles. The normalized spacial score (nSPS) is 16.0. The predicted molar refractivity (Wildman–Crippen MR) is 72.3 cm³/mol. The molecule has 10 heteroatoms. The smallest absolute Gasteiger partial charge is 0.343 e. The Morgan fingerprint density at radius 3 is 2.78 bits per heavy atom. The number of alkyl halides is 3. The summed E-state index contributed by atoms with van der Waals surface area (Å²) in [6.45, 7) is -0.169. The Morgan fingerprint density at radius 1 is 1.39 bits per heavy atom. The summed E-state index contributed by atoms with van der Waals surface area (Å²) in [6.07, 6.45) is 1.08. The standard InChI is InChI=1S/C13H15F3N6O/c14-13(15,16)12-19-10(20-21-12)7-17-11(23)9-5-6-18-22(9)8-3-1-2-4-8/h5-6,8H,1-4,7H2,(H,17,23)(H,19,20,21). The quantitative estimate of drug-likeness (QED) is 0.899. The van der Waals surface area contributed by atoms with Crippen molar-refractivity contribution in [3.63, 3.8) is 0 Å². The molecule has 0 atom stereocenters. The van der Waals surface area contributed by atoms with E-state index in [1.807, 2.05) is 0 Å². The molecule has 0 bridgehead atoms. The van der Waals surface area contributed by atoms with Crippen LogP contribution >= 0.6 is 0 Å². The monoisotopic (exact) mass is 328 g/mol. The topological polar surface area (TPSA) is 88.5 Å². The van der Waals surface area contributed by atoms with Crippen molar-refractivity contribution in [2.75, 3.05) is 0 Å². The number of aromatic nitrogens is 5. The SMILES string of the molecule is O=C(NCc1nc(C(F)(F)F)n[nH]1)c1ccnn1C1CCCC1. The number of halogens is 3. The summed E-state index contributed by atoms with van der Waals surface area (Å²) in [5.74, 6) is -1.71. The van der Waals surface area contributed by atoms with E-state index in [-0.39, 0.29) is 18.4 Å². The molecule has 1 saturated carbocycles. The first-order chi connectivity index (χ1) is 10.9. The maximum Gasteiger partial charge on any atom is 0.453 e. The minimum absolute atomic E-state index is 0.0578. The highest BCUT2D eigenvalue weighted by Crippen LogP contribution is 2.29. The highest BCUT2D eigenvalue weighted by Gasteiger charge is 2.36. The van der Waals surface area contributed by atoms with Crippen LogP contribution < -0.4 is 5.32 Å². The van der Waals surface area contributed by atoms with E-state index in [0.29, 0.717) is 5.69 Å². The summed E-state index contributed by atoms with van der Waals surface area (Å²) in [5, 5.41) is 12.0. The molecule has 7 nitrogen and oxygen atoms in total. The number of carbonyl (C=O) groups is 1. The van der Waals surface area contributed by atoms with E-state index >= 15 is 0 Å². The number of hydrogen-bond donors (Lipinski definition) is 2. The zero-order chi connectivity index (χ0) is 16.4. The van der Waals surface area contributed by atoms with Gasteiger partial charge in [-0.05, 0) is 18.9 Å². The predicted octanol–water partition coefficient (Wildman–Crippen LogP) is 2.07. The van der Waals surface area contributed by atoms with E-state index in [4.69, 9.17) is 0 Å². The van der Waals surface area contributed by atoms with E-state index < -0.39 is 17.9 Å². The summed E-state index contributed by atoms with van der Waals surface area (Å²) >= 11 is 0. The molecule has 1 amide bonds. The fourth-order valence-corrected chi connectivity index (χ4v) is 2.69. The Balaban J connectivity index is 1.64. The van der Waals surface area contributed by atoms with Crippen molar-refractivity contribution in [3.05, 3.63) is 29.6 Å². The van der Waals surface area contributed by atoms with Gasteiger partial charge in [-0.15, -0.1) is 5.10 Å². The number of hydrogen-bond acceptors (Lipinski definition) is 4. The Bertz CT molecular complexity index is 686. The van der Waals surface area contributed by atoms with Crippen molar-refractivity contribution in [1.29, 1.82) is 0 Å². The number of amides is 1. The van der Waals surface area contributed by atoms with E-state index in [2.05, 4.69) is 25.6 Å². The lowest BCUT2D eigenvalue weighted by molar-refractivity contribution is -0.144. The van der Waals surface area contributed by atoms with Crippen LogP contribution in [0.3, 0.4) is 0 Å². The number of nitrogens with zero attached hydrogens (tertiary/aromatic N) is 4. The molecule has 1 aliphatic carbocycles. The first-order valence-electron chi connectivity index (χ1n) is 7.25. The van der Waals surface area contributed by atoms with Gasteiger partial charge in [0.05, 0.1) is 12.6 Å². The fraction of sp³-hybridized carbons (Fsp3) is 0.538. The summed E-state index contributed by atoms with van der Waals surface area (Å²) in [7, 11) is 0. The molecule has 124 valence electrons. The van der Waals surface area contributed by atoms with Gasteiger partial charge in [0.15, 0.2) is 0 Å². The number of H-pyrrole nitrogens is 1. The maximum absolute atomic E-state index is 12.4. The van der Waals surface area contributed by atoms with Crippen molar-refractivity contribution in [3.8, 4) is 0 Å². The number of rotatable bonds is 4. The van der Waals surface area contributed by atoms with Crippen LogP contribution in [0.2, 0.25) is 0 Å². The molecule has 0 unspecified atom stereocenters. The minimum atomic E-state index is -4.61. The van der Waals surface area contributed by atoms with Crippen LogP contribution in [0.4, 0.5) is 13.2 Å². The third-order valence-corrected chi connectivity index (χ3v) is 3.78. The molecule has 2 aromatic rings. The largest absolute Gasteiger partial charge is 0.453 e. The third-order valence-electron chi connectivity index (χ3n) is 3.78. The Morgan fingerprint density at radius 2 is 2.13 bits per heavy atom. The van der Waals surface area contributed by atoms with Gasteiger partial charge < -0.3 is 5.32 Å². The maximum atomic E-state index is 12.4. The van der Waals surface area contributed by atoms with Gasteiger partial charge in [0.2, 0.25) is 0 Å². The average Bonchev–Trinajstić information content (AvgIpc) is 3.22. The molecule has 1 aliphatic rings. The Labute approximate surface area is 129 Å². The summed E-state index contributed by atoms with van der Waals surface area (Å²) in [6, 6.07) is 1.79. The van der Waals surface area contributed by atoms with Gasteiger partial charge >= 0.3 is 6.18 Å². The third kappa shape index (κ3) is 3.35. The second-order valence-corrected chi connectivity index (χ2v) is 5.39. The van der Waals surface area contributed by atoms with Crippen LogP contribution in [-0.2, 0) is 12.7 Å². The van der Waals surface area contributed by atoms with Crippen molar-refractivity contribution in [1.82, 2.24) is 30.3 Å². The minimum Gasteiger partial charge on any atom is -0.343 e. The van der Waals surface area contributed by atoms with Gasteiger partial charge in [-0.2, -0.15) is 18.3 Å². The number of aromatic amines is 1. The van der Waals surface area contributed by atoms with E-state index in [9.17, 15) is 18.0 Å². The van der Waals surface area contributed by atoms with Crippen LogP contribution in [0, 0.1) is 0 Å². The lowest BCUT2D eigenvalue weighted by Crippen LogP contribution is -2.27. The number of nitrogens with one attached hydrogen (secondary N) is 2. The van der Waals surface area contributed by atoms with Gasteiger partial charge in [-0.3, -0.25) is 14.6 Å². The lowest BCUT2D eigenvalue weighted by Gasteiger charge is -2.13. The molecular formula is C13H15F3N6O. The van der Waals surface area contributed by atoms with Crippen LogP contribution in [0.25, 0.3) is 0 Å². The first-order valence-corrected chi connectivity index (χ1v) is 7.25. The molecule has 0 aliphatic heterocycles. The average molecular weight is 328 g/mol. The summed E-state index contributed by atoms with van der Waals surface area (Å²) < 4.78 is 38.9. The molecule has 2 N–H and O–H groups in total. The van der Waals surface area contributed by atoms with Crippen molar-refractivity contribution in [2.24, 2.45) is 0 Å². The zero-order valence-corrected chi connectivity index (χ0v) is 12.1. The first kappa shape index (κ1) is 15.5. The van der Waals surface area contributed by atoms with Gasteiger partial charge in [-0.1, -0.05) is 12.8 Å². The Hall–Kier alpha value is -2.39. The van der Waals surface area contributed by atoms with Crippen LogP contribution in [0.5, 0.6) is 0 Å². The highest BCUT2D eigenvalue weighted by atomic mass is 19.4. The molecule has 3 rings (SSSR count). The molecule has 0 saturated heterocycles. The van der Waals surface area contributed by atoms with Gasteiger partial charge in [-0.25, -0.2) is 4.98 Å². The molecular weight excluding hydrogens is 313 g/mol. The second kappa shape index (κ2) is 6.01. The van der Waals surface area contributed by atoms with Crippen LogP contribution in [-0.4, -0.2) is 30.9 Å². The molecule has 0 radical (unpaired) electrons. The second-order valence-electron chi connectivity index (χ2n) is 5.39. The fourth-order valence-electron chi connectivity index (χ4n) is 2.69. The molecule has 1 fully saturated rings. The van der Waals surface area contributed by atoms with Crippen molar-refractivity contribution in [2.45, 2.75) is 44.4 Å². The molecule has 23 heavy (non-hydrogen) atoms. The highest BCUT2D eigenvalue weighted by molar-refractivity contribution is 5.92. The van der Waals surface area contributed by atoms with Gasteiger partial charge in [0.25, 0.3) is 11.7 Å². The molecule has 0 spiro atoms. The van der Waals surface area contributed by atoms with Crippen molar-refractivity contribution < 1.29 is 18.0 Å². The molecule has 2 aromatic heterocycles. The van der Waals surface area contributed by atoms with Crippen LogP contribution in [0.1, 0.15) is 53.9 Å². The van der Waals surface area contributed by atoms with E-state index in [0.717, 1.165) is 25.7 Å². The van der Waals surface area contributed by atoms with E-state index in [1.165, 1.54) is 0 Å². The van der Waals surface area contributed by atoms with Gasteiger partial charge in [0.1, 0.15) is 11.5 Å². The van der Waals surface area contributed by atoms with Crippen molar-refractivity contribution >= 4 is 5.91 Å². The Kier molecular flexibility index (Phi) is 4.05.